The molecular formula is C8H10ClN5O. The van der Waals surface area contributed by atoms with Crippen LogP contribution in [0.3, 0.4) is 0 Å². The van der Waals surface area contributed by atoms with Crippen molar-refractivity contribution in [3.8, 4) is 0 Å². The molecule has 0 unspecified atom stereocenters. The molecule has 0 radical (unpaired) electrons. The van der Waals surface area contributed by atoms with Crippen molar-refractivity contribution in [2.75, 3.05) is 24.4 Å². The number of fused-ring (bicyclic) bond motifs is 1. The van der Waals surface area contributed by atoms with E-state index in [9.17, 15) is 4.79 Å². The molecule has 0 aliphatic heterocycles. The first kappa shape index (κ1) is 9.97. The van der Waals surface area contributed by atoms with Gasteiger partial charge in [-0.25, -0.2) is 19.3 Å². The molecule has 0 aromatic carbocycles. The second kappa shape index (κ2) is 3.90. The maximum Gasteiger partial charge on any atom is 0.348 e. The average molecular weight is 228 g/mol. The monoisotopic (exact) mass is 227 g/mol. The molecule has 0 spiro atoms. The van der Waals surface area contributed by atoms with Crippen LogP contribution in [0.4, 0.5) is 5.82 Å². The van der Waals surface area contributed by atoms with Crippen LogP contribution in [0.1, 0.15) is 0 Å². The largest absolute Gasteiger partial charge is 0.358 e. The highest BCUT2D eigenvalue weighted by molar-refractivity contribution is 6.18. The lowest BCUT2D eigenvalue weighted by molar-refractivity contribution is 0.920. The molecule has 0 amide bonds. The fraction of sp³-hybridized carbons (Fsp3) is 0.375. The van der Waals surface area contributed by atoms with Gasteiger partial charge in [0.2, 0.25) is 0 Å². The number of hydrogen-bond donors (Lipinski definition) is 1. The molecule has 15 heavy (non-hydrogen) atoms. The first-order valence-electron chi connectivity index (χ1n) is 4.42. The smallest absolute Gasteiger partial charge is 0.348 e. The fourth-order valence-electron chi connectivity index (χ4n) is 1.25. The number of aromatic amines is 1. The van der Waals surface area contributed by atoms with Crippen molar-refractivity contribution in [1.82, 2.24) is 19.6 Å². The molecule has 0 fully saturated rings. The number of alkyl halides is 1. The number of nitrogens with zero attached hydrogens (tertiary/aromatic N) is 4. The molecule has 7 heteroatoms. The Bertz CT molecular complexity index is 519. The Morgan fingerprint density at radius 3 is 3.20 bits per heavy atom. The number of aromatic nitrogens is 4. The summed E-state index contributed by atoms with van der Waals surface area (Å²) in [5.74, 6) is 1.26. The molecule has 2 heterocycles. The molecule has 0 aliphatic carbocycles. The number of anilines is 1. The Morgan fingerprint density at radius 2 is 2.47 bits per heavy atom. The second-order valence-electron chi connectivity index (χ2n) is 3.11. The van der Waals surface area contributed by atoms with E-state index in [1.165, 1.54) is 10.7 Å². The predicted molar refractivity (Wildman–Crippen MR) is 57.6 cm³/mol. The summed E-state index contributed by atoms with van der Waals surface area (Å²) in [6.45, 7) is 0.694. The van der Waals surface area contributed by atoms with Gasteiger partial charge in [-0.05, 0) is 0 Å². The molecule has 0 atom stereocenters. The van der Waals surface area contributed by atoms with Gasteiger partial charge in [0.15, 0.2) is 5.65 Å². The first-order chi connectivity index (χ1) is 7.22. The van der Waals surface area contributed by atoms with Crippen LogP contribution < -0.4 is 10.6 Å². The summed E-state index contributed by atoms with van der Waals surface area (Å²) in [6.07, 6.45) is 1.45. The van der Waals surface area contributed by atoms with Gasteiger partial charge in [-0.1, -0.05) is 0 Å². The van der Waals surface area contributed by atoms with Crippen LogP contribution in [0.15, 0.2) is 17.2 Å². The topological polar surface area (TPSA) is 66.3 Å². The molecule has 0 saturated carbocycles. The number of nitrogens with one attached hydrogen (secondary N) is 1. The van der Waals surface area contributed by atoms with Crippen molar-refractivity contribution in [2.24, 2.45) is 0 Å². The van der Waals surface area contributed by atoms with Crippen LogP contribution in [-0.2, 0) is 0 Å². The zero-order valence-electron chi connectivity index (χ0n) is 8.14. The highest BCUT2D eigenvalue weighted by Crippen LogP contribution is 2.08. The molecule has 2 aromatic rings. The van der Waals surface area contributed by atoms with Gasteiger partial charge in [-0.15, -0.1) is 11.6 Å². The molecule has 0 bridgehead atoms. The van der Waals surface area contributed by atoms with Crippen LogP contribution in [0.25, 0.3) is 5.65 Å². The maximum absolute atomic E-state index is 11.2. The maximum atomic E-state index is 11.2. The quantitative estimate of drug-likeness (QED) is 0.755. The lowest BCUT2D eigenvalue weighted by atomic mass is 10.5. The van der Waals surface area contributed by atoms with Gasteiger partial charge in [0.1, 0.15) is 12.1 Å². The average Bonchev–Trinajstić information content (AvgIpc) is 2.60. The van der Waals surface area contributed by atoms with Crippen LogP contribution in [0.2, 0.25) is 0 Å². The third-order valence-electron chi connectivity index (χ3n) is 2.11. The summed E-state index contributed by atoms with van der Waals surface area (Å²) in [5.41, 5.74) is 0.260. The third kappa shape index (κ3) is 1.80. The van der Waals surface area contributed by atoms with Crippen molar-refractivity contribution >= 4 is 23.1 Å². The minimum absolute atomic E-state index is 0.288. The van der Waals surface area contributed by atoms with E-state index in [1.807, 2.05) is 11.9 Å². The molecule has 0 saturated heterocycles. The lowest BCUT2D eigenvalue weighted by Gasteiger charge is -2.15. The number of H-pyrrole nitrogens is 1. The van der Waals surface area contributed by atoms with Crippen molar-refractivity contribution in [3.05, 3.63) is 22.9 Å². The molecule has 2 aromatic heterocycles. The van der Waals surface area contributed by atoms with E-state index in [2.05, 4.69) is 15.2 Å². The molecule has 6 nitrogen and oxygen atoms in total. The second-order valence-corrected chi connectivity index (χ2v) is 3.49. The van der Waals surface area contributed by atoms with Gasteiger partial charge in [0.05, 0.1) is 0 Å². The summed E-state index contributed by atoms with van der Waals surface area (Å²) in [5, 5.41) is 6.19. The van der Waals surface area contributed by atoms with Crippen LogP contribution >= 0.6 is 11.6 Å². The first-order valence-corrected chi connectivity index (χ1v) is 4.95. The van der Waals surface area contributed by atoms with Crippen molar-refractivity contribution in [3.63, 3.8) is 0 Å². The molecule has 80 valence electrons. The number of halogens is 1. The third-order valence-corrected chi connectivity index (χ3v) is 2.28. The fourth-order valence-corrected chi connectivity index (χ4v) is 1.50. The molecular weight excluding hydrogens is 218 g/mol. The Balaban J connectivity index is 2.43. The summed E-state index contributed by atoms with van der Waals surface area (Å²) >= 11 is 5.62. The molecule has 0 aliphatic rings. The van der Waals surface area contributed by atoms with Crippen molar-refractivity contribution in [2.45, 2.75) is 0 Å². The van der Waals surface area contributed by atoms with Gasteiger partial charge in [-0.2, -0.15) is 5.10 Å². The van der Waals surface area contributed by atoms with E-state index in [1.54, 1.807) is 6.07 Å². The van der Waals surface area contributed by atoms with Crippen LogP contribution in [-0.4, -0.2) is 39.1 Å². The van der Waals surface area contributed by atoms with E-state index < -0.39 is 0 Å². The van der Waals surface area contributed by atoms with E-state index in [0.717, 1.165) is 5.82 Å². The minimum Gasteiger partial charge on any atom is -0.358 e. The summed E-state index contributed by atoms with van der Waals surface area (Å²) in [7, 11) is 1.88. The number of rotatable bonds is 3. The normalized spacial score (nSPS) is 10.8. The predicted octanol–water partition coefficient (Wildman–Crippen LogP) is 0.0926. The Hall–Kier alpha value is -1.56. The Labute approximate surface area is 90.5 Å². The highest BCUT2D eigenvalue weighted by Gasteiger charge is 2.05. The van der Waals surface area contributed by atoms with E-state index in [-0.39, 0.29) is 5.69 Å². The summed E-state index contributed by atoms with van der Waals surface area (Å²) < 4.78 is 1.35. The molecule has 2 rings (SSSR count). The van der Waals surface area contributed by atoms with Gasteiger partial charge in [-0.3, -0.25) is 0 Å². The standard InChI is InChI=1S/C8H10ClN5O/c1-13(3-2-9)6-4-7-11-12-8(15)14(7)5-10-6/h4-5H,2-3H2,1H3,(H,12,15). The Morgan fingerprint density at radius 1 is 1.67 bits per heavy atom. The van der Waals surface area contributed by atoms with Gasteiger partial charge in [0.25, 0.3) is 0 Å². The highest BCUT2D eigenvalue weighted by atomic mass is 35.5. The summed E-state index contributed by atoms with van der Waals surface area (Å²) in [6, 6.07) is 1.73. The minimum atomic E-state index is -0.288. The molecule has 1 N–H and O–H groups in total. The van der Waals surface area contributed by atoms with Crippen LogP contribution in [0.5, 0.6) is 0 Å². The van der Waals surface area contributed by atoms with Gasteiger partial charge < -0.3 is 4.90 Å². The summed E-state index contributed by atoms with van der Waals surface area (Å²) in [4.78, 5) is 17.2. The van der Waals surface area contributed by atoms with E-state index in [4.69, 9.17) is 11.6 Å². The van der Waals surface area contributed by atoms with Crippen LogP contribution in [0, 0.1) is 0 Å². The van der Waals surface area contributed by atoms with Crippen molar-refractivity contribution in [1.29, 1.82) is 0 Å². The van der Waals surface area contributed by atoms with Gasteiger partial charge in [0, 0.05) is 25.5 Å². The van der Waals surface area contributed by atoms with Gasteiger partial charge >= 0.3 is 5.69 Å². The van der Waals surface area contributed by atoms with Crippen molar-refractivity contribution < 1.29 is 0 Å². The lowest BCUT2D eigenvalue weighted by Crippen LogP contribution is -2.21. The SMILES string of the molecule is CN(CCCl)c1cc2n[nH]c(=O)n2cn1. The van der Waals surface area contributed by atoms with E-state index >= 15 is 0 Å². The number of hydrogen-bond acceptors (Lipinski definition) is 4. The van der Waals surface area contributed by atoms with E-state index in [0.29, 0.717) is 18.1 Å². The zero-order chi connectivity index (χ0) is 10.8. The zero-order valence-corrected chi connectivity index (χ0v) is 8.90. The Kier molecular flexibility index (Phi) is 2.59.